The number of benzene rings is 2. The molecule has 34 heavy (non-hydrogen) atoms. The molecule has 180 valence electrons. The molecule has 1 aromatic heterocycles. The standard InChI is InChI=1S/C24H26N2O6S2/c1-31-19-5-3-4-17(12-19)15-6-8-16(9-7-15)23-25-22(14-33-23)34(29,30)26-20-11-10-18(24(27)28)13-21(20)32-2/h6-11,13-14,17,19,26H,3-5,12H2,1-2H3,(H,27,28). The first-order valence-electron chi connectivity index (χ1n) is 10.8. The van der Waals surface area contributed by atoms with E-state index in [1.54, 1.807) is 7.11 Å². The maximum Gasteiger partial charge on any atom is 0.335 e. The molecular formula is C24H26N2O6S2. The molecule has 2 N–H and O–H groups in total. The molecule has 1 heterocycles. The minimum absolute atomic E-state index is 0.00911. The zero-order chi connectivity index (χ0) is 24.3. The maximum atomic E-state index is 12.9. The van der Waals surface area contributed by atoms with E-state index in [1.807, 2.05) is 12.1 Å². The molecule has 0 amide bonds. The van der Waals surface area contributed by atoms with E-state index >= 15 is 0 Å². The lowest BCUT2D eigenvalue weighted by atomic mass is 9.82. The van der Waals surface area contributed by atoms with Crippen LogP contribution in [0.4, 0.5) is 5.69 Å². The maximum absolute atomic E-state index is 12.9. The average Bonchev–Trinajstić information content (AvgIpc) is 3.35. The topological polar surface area (TPSA) is 115 Å². The number of aromatic carboxylic acids is 1. The fourth-order valence-electron chi connectivity index (χ4n) is 4.18. The van der Waals surface area contributed by atoms with Crippen LogP contribution in [0.2, 0.25) is 0 Å². The van der Waals surface area contributed by atoms with Gasteiger partial charge in [0.15, 0.2) is 5.03 Å². The van der Waals surface area contributed by atoms with Crippen LogP contribution in [0, 0.1) is 0 Å². The van der Waals surface area contributed by atoms with Crippen molar-refractivity contribution < 1.29 is 27.8 Å². The third-order valence-corrected chi connectivity index (χ3v) is 8.33. The zero-order valence-corrected chi connectivity index (χ0v) is 20.5. The monoisotopic (exact) mass is 502 g/mol. The number of anilines is 1. The van der Waals surface area contributed by atoms with Crippen molar-refractivity contribution in [1.29, 1.82) is 0 Å². The van der Waals surface area contributed by atoms with E-state index in [-0.39, 0.29) is 22.0 Å². The predicted molar refractivity (Wildman–Crippen MR) is 130 cm³/mol. The highest BCUT2D eigenvalue weighted by molar-refractivity contribution is 7.92. The summed E-state index contributed by atoms with van der Waals surface area (Å²) in [6.45, 7) is 0. The van der Waals surface area contributed by atoms with Crippen LogP contribution in [-0.2, 0) is 14.8 Å². The van der Waals surface area contributed by atoms with E-state index in [9.17, 15) is 13.2 Å². The summed E-state index contributed by atoms with van der Waals surface area (Å²) in [6.07, 6.45) is 4.71. The fraction of sp³-hybridized carbons (Fsp3) is 0.333. The van der Waals surface area contributed by atoms with E-state index < -0.39 is 16.0 Å². The van der Waals surface area contributed by atoms with E-state index in [2.05, 4.69) is 21.8 Å². The molecule has 1 aliphatic carbocycles. The second-order valence-electron chi connectivity index (χ2n) is 8.16. The van der Waals surface area contributed by atoms with Crippen molar-refractivity contribution in [2.75, 3.05) is 18.9 Å². The number of carboxylic acid groups (broad SMARTS) is 1. The lowest BCUT2D eigenvalue weighted by Gasteiger charge is -2.28. The van der Waals surface area contributed by atoms with E-state index in [4.69, 9.17) is 14.6 Å². The fourth-order valence-corrected chi connectivity index (χ4v) is 6.35. The molecule has 0 radical (unpaired) electrons. The molecular weight excluding hydrogens is 476 g/mol. The van der Waals surface area contributed by atoms with Crippen molar-refractivity contribution in [3.63, 3.8) is 0 Å². The van der Waals surface area contributed by atoms with Gasteiger partial charge in [0.05, 0.1) is 24.5 Å². The number of hydrogen-bond donors (Lipinski definition) is 2. The lowest BCUT2D eigenvalue weighted by molar-refractivity contribution is 0.0635. The highest BCUT2D eigenvalue weighted by Gasteiger charge is 2.24. The van der Waals surface area contributed by atoms with Crippen LogP contribution >= 0.6 is 11.3 Å². The van der Waals surface area contributed by atoms with Gasteiger partial charge >= 0.3 is 5.97 Å². The van der Waals surface area contributed by atoms with Gasteiger partial charge in [-0.25, -0.2) is 9.78 Å². The summed E-state index contributed by atoms with van der Waals surface area (Å²) in [7, 11) is -0.889. The highest BCUT2D eigenvalue weighted by atomic mass is 32.2. The molecule has 2 aromatic carbocycles. The molecule has 4 rings (SSSR count). The van der Waals surface area contributed by atoms with Gasteiger partial charge in [-0.05, 0) is 48.9 Å². The van der Waals surface area contributed by atoms with Crippen LogP contribution in [0.3, 0.4) is 0 Å². The number of nitrogens with zero attached hydrogens (tertiary/aromatic N) is 1. The van der Waals surface area contributed by atoms with Crippen LogP contribution in [0.1, 0.15) is 47.5 Å². The number of thiazole rings is 1. The quantitative estimate of drug-likeness (QED) is 0.446. The Morgan fingerprint density at radius 3 is 2.59 bits per heavy atom. The number of carboxylic acids is 1. The summed E-state index contributed by atoms with van der Waals surface area (Å²) < 4.78 is 38.9. The summed E-state index contributed by atoms with van der Waals surface area (Å²) in [4.78, 5) is 15.5. The van der Waals surface area contributed by atoms with E-state index in [0.29, 0.717) is 17.0 Å². The molecule has 0 spiro atoms. The largest absolute Gasteiger partial charge is 0.495 e. The number of ether oxygens (including phenoxy) is 2. The van der Waals surface area contributed by atoms with Crippen molar-refractivity contribution in [3.05, 3.63) is 59.0 Å². The third-order valence-electron chi connectivity index (χ3n) is 6.04. The molecule has 0 aliphatic heterocycles. The summed E-state index contributed by atoms with van der Waals surface area (Å²) in [5, 5.41) is 11.1. The number of sulfonamides is 1. The highest BCUT2D eigenvalue weighted by Crippen LogP contribution is 2.36. The Morgan fingerprint density at radius 2 is 1.91 bits per heavy atom. The van der Waals surface area contributed by atoms with Crippen LogP contribution < -0.4 is 9.46 Å². The molecule has 0 saturated heterocycles. The average molecular weight is 503 g/mol. The summed E-state index contributed by atoms with van der Waals surface area (Å²) in [6, 6.07) is 12.0. The molecule has 1 fully saturated rings. The molecule has 2 atom stereocenters. The molecule has 2 unspecified atom stereocenters. The van der Waals surface area contributed by atoms with Gasteiger partial charge in [-0.2, -0.15) is 8.42 Å². The molecule has 0 bridgehead atoms. The predicted octanol–water partition coefficient (Wildman–Crippen LogP) is 4.99. The number of nitrogens with one attached hydrogen (secondary N) is 1. The number of carbonyl (C=O) groups is 1. The molecule has 1 saturated carbocycles. The number of hydrogen-bond acceptors (Lipinski definition) is 7. The van der Waals surface area contributed by atoms with Crippen molar-refractivity contribution in [1.82, 2.24) is 4.98 Å². The van der Waals surface area contributed by atoms with Gasteiger partial charge in [0.2, 0.25) is 0 Å². The Bertz CT molecular complexity index is 1270. The van der Waals surface area contributed by atoms with Gasteiger partial charge in [0, 0.05) is 18.1 Å². The normalized spacial score (nSPS) is 18.4. The van der Waals surface area contributed by atoms with E-state index in [1.165, 1.54) is 47.6 Å². The third kappa shape index (κ3) is 5.24. The Labute approximate surface area is 202 Å². The first kappa shape index (κ1) is 24.2. The second-order valence-corrected chi connectivity index (χ2v) is 10.6. The lowest BCUT2D eigenvalue weighted by Crippen LogP contribution is -2.20. The van der Waals surface area contributed by atoms with Crippen LogP contribution in [0.15, 0.2) is 52.9 Å². The summed E-state index contributed by atoms with van der Waals surface area (Å²) in [5.74, 6) is -0.565. The molecule has 1 aliphatic rings. The zero-order valence-electron chi connectivity index (χ0n) is 18.9. The first-order chi connectivity index (χ1) is 16.3. The SMILES string of the molecule is COc1cc(C(=O)O)ccc1NS(=O)(=O)c1csc(-c2ccc(C3CCCC(OC)C3)cc2)n1. The molecule has 3 aromatic rings. The minimum atomic E-state index is -3.99. The molecule has 8 nitrogen and oxygen atoms in total. The Hall–Kier alpha value is -2.95. The summed E-state index contributed by atoms with van der Waals surface area (Å²) >= 11 is 1.24. The van der Waals surface area contributed by atoms with Crippen LogP contribution in [0.5, 0.6) is 5.75 Å². The van der Waals surface area contributed by atoms with Gasteiger partial charge in [0.1, 0.15) is 10.8 Å². The van der Waals surface area contributed by atoms with Crippen molar-refractivity contribution in [2.45, 2.75) is 42.7 Å². The number of aromatic nitrogens is 1. The number of methoxy groups -OCH3 is 2. The van der Waals surface area contributed by atoms with Gasteiger partial charge in [-0.3, -0.25) is 4.72 Å². The molecule has 10 heteroatoms. The van der Waals surface area contributed by atoms with Gasteiger partial charge in [-0.1, -0.05) is 30.7 Å². The smallest absolute Gasteiger partial charge is 0.335 e. The Balaban J connectivity index is 1.51. The number of rotatable bonds is 8. The summed E-state index contributed by atoms with van der Waals surface area (Å²) in [5.41, 5.74) is 2.23. The van der Waals surface area contributed by atoms with E-state index in [0.717, 1.165) is 31.2 Å². The van der Waals surface area contributed by atoms with Gasteiger partial charge in [-0.15, -0.1) is 11.3 Å². The van der Waals surface area contributed by atoms with Crippen LogP contribution in [0.25, 0.3) is 10.6 Å². The van der Waals surface area contributed by atoms with Gasteiger partial charge in [0.25, 0.3) is 10.0 Å². The van der Waals surface area contributed by atoms with Crippen molar-refractivity contribution >= 4 is 33.0 Å². The Kier molecular flexibility index (Phi) is 7.20. The Morgan fingerprint density at radius 1 is 1.15 bits per heavy atom. The van der Waals surface area contributed by atoms with Crippen molar-refractivity contribution in [2.24, 2.45) is 0 Å². The van der Waals surface area contributed by atoms with Crippen LogP contribution in [-0.4, -0.2) is 44.8 Å². The minimum Gasteiger partial charge on any atom is -0.495 e. The first-order valence-corrected chi connectivity index (χ1v) is 13.2. The van der Waals surface area contributed by atoms with Gasteiger partial charge < -0.3 is 14.6 Å². The van der Waals surface area contributed by atoms with Crippen molar-refractivity contribution in [3.8, 4) is 16.3 Å². The second kappa shape index (κ2) is 10.1.